The Morgan fingerprint density at radius 1 is 1.23 bits per heavy atom. The molecule has 0 aliphatic carbocycles. The summed E-state index contributed by atoms with van der Waals surface area (Å²) in [6.45, 7) is 7.86. The Morgan fingerprint density at radius 3 is 2.38 bits per heavy atom. The van der Waals surface area contributed by atoms with Crippen molar-refractivity contribution in [2.75, 3.05) is 7.05 Å². The molecule has 1 unspecified atom stereocenters. The lowest BCUT2D eigenvalue weighted by atomic mass is 10.0. The molecule has 0 radical (unpaired) electrons. The van der Waals surface area contributed by atoms with Gasteiger partial charge in [-0.05, 0) is 38.3 Å². The van der Waals surface area contributed by atoms with Crippen LogP contribution in [0.3, 0.4) is 0 Å². The fourth-order valence-corrected chi connectivity index (χ4v) is 2.76. The zero-order valence-corrected chi connectivity index (χ0v) is 15.5. The van der Waals surface area contributed by atoms with Crippen molar-refractivity contribution in [3.05, 3.63) is 41.3 Å². The van der Waals surface area contributed by atoms with Gasteiger partial charge in [0.05, 0.1) is 23.0 Å². The molecule has 0 saturated carbocycles. The molecule has 2 aromatic heterocycles. The number of alkyl halides is 3. The standard InChI is InChI=1S/C18H23F3N4O/c1-11(2)8-12(3)24(5)17(26)15-10-23-25(13(15)4)16-7-6-14(9-22-16)18(19,20)21/h6-7,9-12H,8H2,1-5H3. The van der Waals surface area contributed by atoms with Crippen molar-refractivity contribution in [3.8, 4) is 5.82 Å². The predicted molar refractivity (Wildman–Crippen MR) is 92.1 cm³/mol. The molecule has 2 aromatic rings. The Kier molecular flexibility index (Phi) is 5.73. The molecule has 8 heteroatoms. The number of hydrogen-bond acceptors (Lipinski definition) is 3. The van der Waals surface area contributed by atoms with Gasteiger partial charge in [0.2, 0.25) is 0 Å². The second kappa shape index (κ2) is 7.47. The lowest BCUT2D eigenvalue weighted by Crippen LogP contribution is -2.36. The molecular weight excluding hydrogens is 345 g/mol. The Morgan fingerprint density at radius 2 is 1.88 bits per heavy atom. The molecule has 0 spiro atoms. The van der Waals surface area contributed by atoms with Crippen molar-refractivity contribution in [1.82, 2.24) is 19.7 Å². The van der Waals surface area contributed by atoms with Crippen LogP contribution in [0.15, 0.2) is 24.5 Å². The van der Waals surface area contributed by atoms with E-state index in [0.717, 1.165) is 18.7 Å². The molecule has 0 fully saturated rings. The predicted octanol–water partition coefficient (Wildman–Crippen LogP) is 4.10. The van der Waals surface area contributed by atoms with Crippen LogP contribution in [0.1, 0.15) is 48.8 Å². The van der Waals surface area contributed by atoms with Gasteiger partial charge in [0.25, 0.3) is 5.91 Å². The summed E-state index contributed by atoms with van der Waals surface area (Å²) < 4.78 is 39.3. The van der Waals surface area contributed by atoms with Gasteiger partial charge in [0.1, 0.15) is 0 Å². The van der Waals surface area contributed by atoms with E-state index >= 15 is 0 Å². The van der Waals surface area contributed by atoms with Gasteiger partial charge in [0, 0.05) is 19.3 Å². The Hall–Kier alpha value is -2.38. The first-order valence-corrected chi connectivity index (χ1v) is 8.37. The quantitative estimate of drug-likeness (QED) is 0.798. The molecule has 2 heterocycles. The second-order valence-electron chi connectivity index (χ2n) is 6.85. The Balaban J connectivity index is 2.25. The molecule has 1 amide bonds. The third kappa shape index (κ3) is 4.23. The summed E-state index contributed by atoms with van der Waals surface area (Å²) in [6, 6.07) is 2.25. The maximum Gasteiger partial charge on any atom is 0.417 e. The third-order valence-electron chi connectivity index (χ3n) is 4.33. The summed E-state index contributed by atoms with van der Waals surface area (Å²) in [6.07, 6.45) is -1.39. The second-order valence-corrected chi connectivity index (χ2v) is 6.85. The first-order valence-electron chi connectivity index (χ1n) is 8.37. The number of aromatic nitrogens is 3. The van der Waals surface area contributed by atoms with E-state index in [1.54, 1.807) is 18.9 Å². The lowest BCUT2D eigenvalue weighted by molar-refractivity contribution is -0.137. The maximum atomic E-state index is 12.7. The molecule has 0 saturated heterocycles. The zero-order chi connectivity index (χ0) is 19.6. The number of carbonyl (C=O) groups excluding carboxylic acids is 1. The van der Waals surface area contributed by atoms with Gasteiger partial charge in [-0.25, -0.2) is 9.67 Å². The molecule has 0 aromatic carbocycles. The van der Waals surface area contributed by atoms with Crippen molar-refractivity contribution in [2.45, 2.75) is 46.3 Å². The average Bonchev–Trinajstić information content (AvgIpc) is 2.93. The van der Waals surface area contributed by atoms with Crippen molar-refractivity contribution >= 4 is 5.91 Å². The number of hydrogen-bond donors (Lipinski definition) is 0. The lowest BCUT2D eigenvalue weighted by Gasteiger charge is -2.26. The molecule has 0 bridgehead atoms. The van der Waals surface area contributed by atoms with E-state index in [0.29, 0.717) is 17.2 Å². The van der Waals surface area contributed by atoms with Crippen molar-refractivity contribution in [2.24, 2.45) is 5.92 Å². The fourth-order valence-electron chi connectivity index (χ4n) is 2.76. The highest BCUT2D eigenvalue weighted by atomic mass is 19.4. The van der Waals surface area contributed by atoms with E-state index in [1.807, 2.05) is 6.92 Å². The molecule has 5 nitrogen and oxygen atoms in total. The smallest absolute Gasteiger partial charge is 0.339 e. The monoisotopic (exact) mass is 368 g/mol. The first kappa shape index (κ1) is 19.9. The van der Waals surface area contributed by atoms with Gasteiger partial charge in [-0.3, -0.25) is 4.79 Å². The van der Waals surface area contributed by atoms with Crippen LogP contribution < -0.4 is 0 Å². The number of amides is 1. The van der Waals surface area contributed by atoms with Crippen LogP contribution in [0, 0.1) is 12.8 Å². The minimum atomic E-state index is -4.44. The molecule has 0 N–H and O–H groups in total. The minimum absolute atomic E-state index is 0.0643. The number of rotatable bonds is 5. The topological polar surface area (TPSA) is 51.0 Å². The fraction of sp³-hybridized carbons (Fsp3) is 0.500. The molecule has 1 atom stereocenters. The molecule has 2 rings (SSSR count). The number of pyridine rings is 1. The summed E-state index contributed by atoms with van der Waals surface area (Å²) >= 11 is 0. The van der Waals surface area contributed by atoms with E-state index in [2.05, 4.69) is 23.9 Å². The minimum Gasteiger partial charge on any atom is -0.339 e. The average molecular weight is 368 g/mol. The normalized spacial score (nSPS) is 13.1. The van der Waals surface area contributed by atoms with Gasteiger partial charge < -0.3 is 4.90 Å². The van der Waals surface area contributed by atoms with Gasteiger partial charge >= 0.3 is 6.18 Å². The van der Waals surface area contributed by atoms with Crippen molar-refractivity contribution in [1.29, 1.82) is 0 Å². The molecule has 0 aliphatic rings. The maximum absolute atomic E-state index is 12.7. The zero-order valence-electron chi connectivity index (χ0n) is 15.5. The highest BCUT2D eigenvalue weighted by molar-refractivity contribution is 5.95. The molecule has 0 aliphatic heterocycles. The van der Waals surface area contributed by atoms with Crippen LogP contribution in [0.5, 0.6) is 0 Å². The summed E-state index contributed by atoms with van der Waals surface area (Å²) in [7, 11) is 1.74. The van der Waals surface area contributed by atoms with Gasteiger partial charge in [-0.15, -0.1) is 0 Å². The van der Waals surface area contributed by atoms with E-state index in [1.165, 1.54) is 16.9 Å². The summed E-state index contributed by atoms with van der Waals surface area (Å²) in [5, 5.41) is 4.13. The number of nitrogens with zero attached hydrogens (tertiary/aromatic N) is 4. The van der Waals surface area contributed by atoms with Crippen molar-refractivity contribution in [3.63, 3.8) is 0 Å². The van der Waals surface area contributed by atoms with Gasteiger partial charge in [-0.1, -0.05) is 13.8 Å². The van der Waals surface area contributed by atoms with Crippen LogP contribution in [0.4, 0.5) is 13.2 Å². The van der Waals surface area contributed by atoms with Crippen LogP contribution in [-0.2, 0) is 6.18 Å². The van der Waals surface area contributed by atoms with E-state index in [4.69, 9.17) is 0 Å². The van der Waals surface area contributed by atoms with Gasteiger partial charge in [0.15, 0.2) is 5.82 Å². The number of carbonyl (C=O) groups is 1. The Bertz CT molecular complexity index is 766. The first-order chi connectivity index (χ1) is 12.0. The molecule has 142 valence electrons. The summed E-state index contributed by atoms with van der Waals surface area (Å²) in [4.78, 5) is 18.2. The van der Waals surface area contributed by atoms with Crippen LogP contribution in [0.2, 0.25) is 0 Å². The van der Waals surface area contributed by atoms with E-state index < -0.39 is 11.7 Å². The highest BCUT2D eigenvalue weighted by Crippen LogP contribution is 2.29. The summed E-state index contributed by atoms with van der Waals surface area (Å²) in [5.74, 6) is 0.515. The van der Waals surface area contributed by atoms with E-state index in [9.17, 15) is 18.0 Å². The van der Waals surface area contributed by atoms with Crippen molar-refractivity contribution < 1.29 is 18.0 Å². The Labute approximate surface area is 150 Å². The third-order valence-corrected chi connectivity index (χ3v) is 4.33. The number of halogens is 3. The van der Waals surface area contributed by atoms with Gasteiger partial charge in [-0.2, -0.15) is 18.3 Å². The van der Waals surface area contributed by atoms with Crippen LogP contribution in [0.25, 0.3) is 5.82 Å². The molecular formula is C18H23F3N4O. The van der Waals surface area contributed by atoms with Crippen LogP contribution in [-0.4, -0.2) is 38.7 Å². The van der Waals surface area contributed by atoms with Crippen LogP contribution >= 0.6 is 0 Å². The molecule has 26 heavy (non-hydrogen) atoms. The largest absolute Gasteiger partial charge is 0.417 e. The highest BCUT2D eigenvalue weighted by Gasteiger charge is 2.31. The summed E-state index contributed by atoms with van der Waals surface area (Å²) in [5.41, 5.74) is 0.111. The SMILES string of the molecule is Cc1c(C(=O)N(C)C(C)CC(C)C)cnn1-c1ccc(C(F)(F)F)cn1. The van der Waals surface area contributed by atoms with E-state index in [-0.39, 0.29) is 17.8 Å².